The van der Waals surface area contributed by atoms with E-state index in [1.54, 1.807) is 35.3 Å². The van der Waals surface area contributed by atoms with Crippen LogP contribution in [0.3, 0.4) is 0 Å². The van der Waals surface area contributed by atoms with Crippen LogP contribution in [-0.2, 0) is 0 Å². The van der Waals surface area contributed by atoms with Crippen molar-refractivity contribution in [2.24, 2.45) is 10.1 Å². The van der Waals surface area contributed by atoms with E-state index in [1.807, 2.05) is 53.9 Å². The normalized spacial score (nSPS) is 12.2. The van der Waals surface area contributed by atoms with Crippen LogP contribution in [-0.4, -0.2) is 15.9 Å². The van der Waals surface area contributed by atoms with Crippen LogP contribution >= 0.6 is 11.3 Å². The van der Waals surface area contributed by atoms with Crippen LogP contribution in [0.4, 0.5) is 10.1 Å². The first-order valence-corrected chi connectivity index (χ1v) is 10.1. The lowest BCUT2D eigenvalue weighted by atomic mass is 10.2. The Morgan fingerprint density at radius 2 is 1.83 bits per heavy atom. The molecule has 0 radical (unpaired) electrons. The number of rotatable bonds is 4. The lowest BCUT2D eigenvalue weighted by Crippen LogP contribution is -2.11. The van der Waals surface area contributed by atoms with Gasteiger partial charge in [-0.2, -0.15) is 5.10 Å². The average Bonchev–Trinajstić information content (AvgIpc) is 3.38. The fourth-order valence-electron chi connectivity index (χ4n) is 2.98. The Labute approximate surface area is 175 Å². The minimum atomic E-state index is -0.392. The van der Waals surface area contributed by atoms with Gasteiger partial charge < -0.3 is 4.42 Å². The minimum Gasteiger partial charge on any atom is -0.454 e. The van der Waals surface area contributed by atoms with Crippen LogP contribution in [0.15, 0.2) is 98.9 Å². The molecule has 0 N–H and O–H groups in total. The van der Waals surface area contributed by atoms with Crippen molar-refractivity contribution in [2.45, 2.75) is 0 Å². The summed E-state index contributed by atoms with van der Waals surface area (Å²) in [4.78, 5) is 9.27. The molecule has 5 aromatic rings. The Kier molecular flexibility index (Phi) is 4.78. The predicted octanol–water partition coefficient (Wildman–Crippen LogP) is 5.61. The van der Waals surface area contributed by atoms with E-state index in [2.05, 4.69) is 15.1 Å². The Balaban J connectivity index is 1.68. The van der Waals surface area contributed by atoms with Crippen LogP contribution < -0.4 is 4.80 Å². The molecule has 0 aliphatic heterocycles. The molecule has 0 fully saturated rings. The summed E-state index contributed by atoms with van der Waals surface area (Å²) in [5, 5.41) is 7.46. The molecule has 0 unspecified atom stereocenters. The molecule has 146 valence electrons. The molecule has 5 rings (SSSR count). The van der Waals surface area contributed by atoms with Crippen molar-refractivity contribution >= 4 is 34.2 Å². The molecule has 7 heteroatoms. The molecular weight excluding hydrogens is 399 g/mol. The number of pyridine rings is 1. The third-order valence-corrected chi connectivity index (χ3v) is 5.24. The number of nitrogens with zero attached hydrogens (tertiary/aromatic N) is 4. The SMILES string of the molecule is Fc1ccccc1N=c1scc(-c2cc3ccccc3o2)n1N=Cc1ccccn1. The van der Waals surface area contributed by atoms with Gasteiger partial charge in [-0.25, -0.2) is 14.1 Å². The number of thiazole rings is 1. The molecule has 30 heavy (non-hydrogen) atoms. The third-order valence-electron chi connectivity index (χ3n) is 4.43. The van der Waals surface area contributed by atoms with Crippen LogP contribution in [0, 0.1) is 5.82 Å². The molecule has 5 nitrogen and oxygen atoms in total. The van der Waals surface area contributed by atoms with E-state index in [1.165, 1.54) is 17.4 Å². The lowest BCUT2D eigenvalue weighted by molar-refractivity contribution is 0.621. The number of halogens is 1. The zero-order chi connectivity index (χ0) is 20.3. The third kappa shape index (κ3) is 3.58. The monoisotopic (exact) mass is 414 g/mol. The summed E-state index contributed by atoms with van der Waals surface area (Å²) in [6.45, 7) is 0. The molecule has 0 aliphatic rings. The van der Waals surface area contributed by atoms with E-state index in [4.69, 9.17) is 4.42 Å². The van der Waals surface area contributed by atoms with Crippen molar-refractivity contribution in [3.63, 3.8) is 0 Å². The summed E-state index contributed by atoms with van der Waals surface area (Å²) in [6.07, 6.45) is 3.34. The number of benzene rings is 2. The number of hydrogen-bond acceptors (Lipinski definition) is 5. The van der Waals surface area contributed by atoms with Gasteiger partial charge in [-0.3, -0.25) is 4.98 Å². The first-order valence-electron chi connectivity index (χ1n) is 9.22. The van der Waals surface area contributed by atoms with Crippen molar-refractivity contribution in [3.8, 4) is 11.5 Å². The van der Waals surface area contributed by atoms with Gasteiger partial charge in [0, 0.05) is 17.0 Å². The summed E-state index contributed by atoms with van der Waals surface area (Å²) < 4.78 is 21.8. The molecule has 0 saturated heterocycles. The van der Waals surface area contributed by atoms with Gasteiger partial charge in [0.1, 0.15) is 22.8 Å². The van der Waals surface area contributed by atoms with E-state index in [9.17, 15) is 4.39 Å². The maximum Gasteiger partial charge on any atom is 0.211 e. The van der Waals surface area contributed by atoms with Crippen molar-refractivity contribution in [3.05, 3.63) is 101 Å². The standard InChI is InChI=1S/C23H15FN4OS/c24-18-9-2-3-10-19(18)27-23-28(26-14-17-8-5-6-12-25-17)20(15-30-23)22-13-16-7-1-4-11-21(16)29-22/h1-15H. The van der Waals surface area contributed by atoms with Crippen LogP contribution in [0.1, 0.15) is 5.69 Å². The molecule has 3 aromatic heterocycles. The summed E-state index contributed by atoms with van der Waals surface area (Å²) in [5.41, 5.74) is 2.45. The molecular formula is C23H15FN4OS. The van der Waals surface area contributed by atoms with E-state index in [0.29, 0.717) is 16.3 Å². The fourth-order valence-corrected chi connectivity index (χ4v) is 3.81. The first-order chi connectivity index (χ1) is 14.8. The highest BCUT2D eigenvalue weighted by atomic mass is 32.1. The first kappa shape index (κ1) is 18.2. The molecule has 3 heterocycles. The van der Waals surface area contributed by atoms with Crippen molar-refractivity contribution in [1.29, 1.82) is 0 Å². The average molecular weight is 414 g/mol. The second-order valence-corrected chi connectivity index (χ2v) is 7.26. The van der Waals surface area contributed by atoms with Gasteiger partial charge in [-0.05, 0) is 36.4 Å². The summed E-state index contributed by atoms with van der Waals surface area (Å²) in [7, 11) is 0. The summed E-state index contributed by atoms with van der Waals surface area (Å²) in [5.74, 6) is 0.261. The van der Waals surface area contributed by atoms with Crippen LogP contribution in [0.2, 0.25) is 0 Å². The van der Waals surface area contributed by atoms with E-state index < -0.39 is 5.82 Å². The molecule has 0 atom stereocenters. The molecule has 0 saturated carbocycles. The second kappa shape index (κ2) is 7.88. The zero-order valence-corrected chi connectivity index (χ0v) is 16.5. The van der Waals surface area contributed by atoms with Crippen LogP contribution in [0.25, 0.3) is 22.4 Å². The van der Waals surface area contributed by atoms with Gasteiger partial charge in [-0.15, -0.1) is 11.3 Å². The van der Waals surface area contributed by atoms with E-state index >= 15 is 0 Å². The molecule has 0 amide bonds. The summed E-state index contributed by atoms with van der Waals surface area (Å²) in [6, 6.07) is 21.7. The van der Waals surface area contributed by atoms with Gasteiger partial charge >= 0.3 is 0 Å². The van der Waals surface area contributed by atoms with Crippen LogP contribution in [0.5, 0.6) is 0 Å². The zero-order valence-electron chi connectivity index (χ0n) is 15.6. The number of furan rings is 1. The van der Waals surface area contributed by atoms with Crippen molar-refractivity contribution in [1.82, 2.24) is 9.66 Å². The smallest absolute Gasteiger partial charge is 0.211 e. The largest absolute Gasteiger partial charge is 0.454 e. The van der Waals surface area contributed by atoms with Gasteiger partial charge in [0.05, 0.1) is 11.9 Å². The Morgan fingerprint density at radius 1 is 1.00 bits per heavy atom. The highest BCUT2D eigenvalue weighted by Gasteiger charge is 2.13. The fraction of sp³-hybridized carbons (Fsp3) is 0. The highest BCUT2D eigenvalue weighted by molar-refractivity contribution is 7.07. The molecule has 0 spiro atoms. The van der Waals surface area contributed by atoms with E-state index in [0.717, 1.165) is 16.7 Å². The molecule has 2 aromatic carbocycles. The maximum absolute atomic E-state index is 14.2. The Hall–Kier alpha value is -3.84. The van der Waals surface area contributed by atoms with Crippen molar-refractivity contribution in [2.75, 3.05) is 0 Å². The minimum absolute atomic E-state index is 0.247. The topological polar surface area (TPSA) is 55.7 Å². The molecule has 0 bridgehead atoms. The number of hydrogen-bond donors (Lipinski definition) is 0. The quantitative estimate of drug-likeness (QED) is 0.359. The number of para-hydroxylation sites is 2. The lowest BCUT2D eigenvalue weighted by Gasteiger charge is -2.01. The highest BCUT2D eigenvalue weighted by Crippen LogP contribution is 2.28. The number of aromatic nitrogens is 2. The number of fused-ring (bicyclic) bond motifs is 1. The summed E-state index contributed by atoms with van der Waals surface area (Å²) >= 11 is 1.36. The Bertz CT molecular complexity index is 1380. The van der Waals surface area contributed by atoms with Gasteiger partial charge in [0.25, 0.3) is 0 Å². The second-order valence-electron chi connectivity index (χ2n) is 6.43. The van der Waals surface area contributed by atoms with Gasteiger partial charge in [0.2, 0.25) is 4.80 Å². The molecule has 0 aliphatic carbocycles. The van der Waals surface area contributed by atoms with Gasteiger partial charge in [-0.1, -0.05) is 36.4 Å². The van der Waals surface area contributed by atoms with Gasteiger partial charge in [0.15, 0.2) is 5.76 Å². The Morgan fingerprint density at radius 3 is 2.67 bits per heavy atom. The van der Waals surface area contributed by atoms with Crippen molar-refractivity contribution < 1.29 is 8.81 Å². The van der Waals surface area contributed by atoms with E-state index in [-0.39, 0.29) is 5.69 Å². The maximum atomic E-state index is 14.2. The predicted molar refractivity (Wildman–Crippen MR) is 116 cm³/mol.